The van der Waals surface area contributed by atoms with Gasteiger partial charge in [0.2, 0.25) is 5.91 Å². The van der Waals surface area contributed by atoms with E-state index in [4.69, 9.17) is 4.74 Å². The number of anilines is 1. The number of hydrogen-bond donors (Lipinski definition) is 2. The minimum atomic E-state index is -0.0728. The number of hydrogen-bond acceptors (Lipinski definition) is 3. The van der Waals surface area contributed by atoms with E-state index in [1.165, 1.54) is 18.1 Å². The largest absolute Gasteiger partial charge is 0.508 e. The lowest BCUT2D eigenvalue weighted by molar-refractivity contribution is -0.116. The van der Waals surface area contributed by atoms with Crippen molar-refractivity contribution in [2.24, 2.45) is 0 Å². The van der Waals surface area contributed by atoms with E-state index in [-0.39, 0.29) is 11.7 Å². The number of rotatable bonds is 11. The molecule has 0 heterocycles. The minimum Gasteiger partial charge on any atom is -0.508 e. The lowest BCUT2D eigenvalue weighted by Crippen LogP contribution is -2.12. The van der Waals surface area contributed by atoms with Crippen LogP contribution in [-0.2, 0) is 17.6 Å². The number of benzene rings is 3. The van der Waals surface area contributed by atoms with Crippen LogP contribution in [0.4, 0.5) is 5.69 Å². The number of carbonyl (C=O) groups excluding carboxylic acids is 1. The highest BCUT2D eigenvalue weighted by Crippen LogP contribution is 2.17. The van der Waals surface area contributed by atoms with Crippen molar-refractivity contribution >= 4 is 11.6 Å². The van der Waals surface area contributed by atoms with Crippen molar-refractivity contribution in [3.63, 3.8) is 0 Å². The van der Waals surface area contributed by atoms with E-state index in [1.807, 2.05) is 24.3 Å². The number of unbranched alkanes of at least 4 members (excludes halogenated alkanes) is 2. The lowest BCUT2D eigenvalue weighted by atomic mass is 10.1. The molecule has 3 rings (SSSR count). The fourth-order valence-electron chi connectivity index (χ4n) is 3.26. The van der Waals surface area contributed by atoms with E-state index in [2.05, 4.69) is 35.6 Å². The van der Waals surface area contributed by atoms with Crippen LogP contribution in [-0.4, -0.2) is 17.6 Å². The normalized spacial score (nSPS) is 10.5. The number of nitrogens with one attached hydrogen (secondary N) is 1. The summed E-state index contributed by atoms with van der Waals surface area (Å²) in [5, 5.41) is 12.2. The number of amides is 1. The molecular formula is C26H29NO3. The maximum atomic E-state index is 12.1. The van der Waals surface area contributed by atoms with Gasteiger partial charge in [-0.15, -0.1) is 0 Å². The summed E-state index contributed by atoms with van der Waals surface area (Å²) in [6.45, 7) is 0.723. The molecule has 2 N–H and O–H groups in total. The molecular weight excluding hydrogens is 374 g/mol. The standard InChI is InChI=1S/C26H29NO3/c28-24-12-7-11-23(20-24)27-26(29)18-15-22-13-16-25(17-14-22)30-19-6-2-5-10-21-8-3-1-4-9-21/h1,3-4,7-9,11-14,16-17,20,28H,2,5-6,10,15,18-19H2,(H,27,29). The summed E-state index contributed by atoms with van der Waals surface area (Å²) in [4.78, 5) is 12.1. The topological polar surface area (TPSA) is 58.6 Å². The van der Waals surface area contributed by atoms with Crippen LogP contribution in [0.3, 0.4) is 0 Å². The number of phenolic OH excluding ortho intramolecular Hbond substituents is 1. The smallest absolute Gasteiger partial charge is 0.224 e. The van der Waals surface area contributed by atoms with Crippen molar-refractivity contribution in [1.82, 2.24) is 0 Å². The molecule has 0 aromatic heterocycles. The molecule has 4 heteroatoms. The first kappa shape index (κ1) is 21.4. The summed E-state index contributed by atoms with van der Waals surface area (Å²) in [6, 6.07) is 25.1. The van der Waals surface area contributed by atoms with Crippen molar-refractivity contribution in [3.05, 3.63) is 90.0 Å². The Morgan fingerprint density at radius 3 is 2.33 bits per heavy atom. The van der Waals surface area contributed by atoms with Gasteiger partial charge < -0.3 is 15.2 Å². The first-order valence-electron chi connectivity index (χ1n) is 10.5. The number of ether oxygens (including phenoxy) is 1. The quantitative estimate of drug-likeness (QED) is 0.401. The zero-order valence-corrected chi connectivity index (χ0v) is 17.2. The van der Waals surface area contributed by atoms with E-state index in [9.17, 15) is 9.90 Å². The SMILES string of the molecule is O=C(CCc1ccc(OCCCCCc2ccccc2)cc1)Nc1cccc(O)c1. The summed E-state index contributed by atoms with van der Waals surface area (Å²) >= 11 is 0. The van der Waals surface area contributed by atoms with Crippen molar-refractivity contribution in [1.29, 1.82) is 0 Å². The van der Waals surface area contributed by atoms with Crippen LogP contribution in [0.1, 0.15) is 36.8 Å². The summed E-state index contributed by atoms with van der Waals surface area (Å²) < 4.78 is 5.83. The average molecular weight is 404 g/mol. The highest BCUT2D eigenvalue weighted by molar-refractivity contribution is 5.91. The lowest BCUT2D eigenvalue weighted by Gasteiger charge is -2.08. The van der Waals surface area contributed by atoms with E-state index in [0.29, 0.717) is 18.5 Å². The number of aromatic hydroxyl groups is 1. The van der Waals surface area contributed by atoms with Gasteiger partial charge in [0.15, 0.2) is 0 Å². The van der Waals surface area contributed by atoms with E-state index in [0.717, 1.165) is 37.2 Å². The van der Waals surface area contributed by atoms with Crippen LogP contribution < -0.4 is 10.1 Å². The Morgan fingerprint density at radius 2 is 1.57 bits per heavy atom. The molecule has 0 atom stereocenters. The zero-order valence-electron chi connectivity index (χ0n) is 17.2. The highest BCUT2D eigenvalue weighted by Gasteiger charge is 2.04. The van der Waals surface area contributed by atoms with Gasteiger partial charge >= 0.3 is 0 Å². The Labute approximate surface area is 178 Å². The molecule has 156 valence electrons. The fraction of sp³-hybridized carbons (Fsp3) is 0.269. The van der Waals surface area contributed by atoms with Crippen LogP contribution in [0.5, 0.6) is 11.5 Å². The minimum absolute atomic E-state index is 0.0728. The molecule has 30 heavy (non-hydrogen) atoms. The summed E-state index contributed by atoms with van der Waals surface area (Å²) in [5.74, 6) is 0.932. The third-order valence-electron chi connectivity index (χ3n) is 4.92. The number of phenols is 1. The van der Waals surface area contributed by atoms with Crippen LogP contribution >= 0.6 is 0 Å². The van der Waals surface area contributed by atoms with Crippen molar-refractivity contribution < 1.29 is 14.6 Å². The van der Waals surface area contributed by atoms with Gasteiger partial charge in [0.1, 0.15) is 11.5 Å². The van der Waals surface area contributed by atoms with E-state index in [1.54, 1.807) is 18.2 Å². The number of carbonyl (C=O) groups is 1. The van der Waals surface area contributed by atoms with Gasteiger partial charge in [0, 0.05) is 18.2 Å². The molecule has 0 unspecified atom stereocenters. The molecule has 0 bridgehead atoms. The molecule has 4 nitrogen and oxygen atoms in total. The Balaban J connectivity index is 1.30. The van der Waals surface area contributed by atoms with Crippen molar-refractivity contribution in [2.75, 3.05) is 11.9 Å². The fourth-order valence-corrected chi connectivity index (χ4v) is 3.26. The first-order valence-corrected chi connectivity index (χ1v) is 10.5. The second-order valence-corrected chi connectivity index (χ2v) is 7.39. The van der Waals surface area contributed by atoms with Crippen LogP contribution in [0.2, 0.25) is 0 Å². The van der Waals surface area contributed by atoms with Gasteiger partial charge in [-0.2, -0.15) is 0 Å². The van der Waals surface area contributed by atoms with Gasteiger partial charge in [0.05, 0.1) is 6.61 Å². The predicted octanol–water partition coefficient (Wildman–Crippen LogP) is 5.76. The maximum Gasteiger partial charge on any atom is 0.224 e. The predicted molar refractivity (Wildman–Crippen MR) is 121 cm³/mol. The summed E-state index contributed by atoms with van der Waals surface area (Å²) in [5.41, 5.74) is 3.09. The monoisotopic (exact) mass is 403 g/mol. The highest BCUT2D eigenvalue weighted by atomic mass is 16.5. The maximum absolute atomic E-state index is 12.1. The molecule has 0 fully saturated rings. The molecule has 0 aliphatic heterocycles. The van der Waals surface area contributed by atoms with Gasteiger partial charge in [-0.25, -0.2) is 0 Å². The van der Waals surface area contributed by atoms with Gasteiger partial charge in [-0.3, -0.25) is 4.79 Å². The van der Waals surface area contributed by atoms with E-state index < -0.39 is 0 Å². The molecule has 3 aromatic rings. The molecule has 1 amide bonds. The van der Waals surface area contributed by atoms with Gasteiger partial charge in [-0.1, -0.05) is 48.5 Å². The van der Waals surface area contributed by atoms with Crippen LogP contribution in [0, 0.1) is 0 Å². The van der Waals surface area contributed by atoms with Crippen LogP contribution in [0.15, 0.2) is 78.9 Å². The van der Waals surface area contributed by atoms with Crippen molar-refractivity contribution in [2.45, 2.75) is 38.5 Å². The third kappa shape index (κ3) is 7.63. The molecule has 0 radical (unpaired) electrons. The Morgan fingerprint density at radius 1 is 0.800 bits per heavy atom. The second-order valence-electron chi connectivity index (χ2n) is 7.39. The second kappa shape index (κ2) is 11.7. The Kier molecular flexibility index (Phi) is 8.34. The molecule has 0 aliphatic rings. The van der Waals surface area contributed by atoms with Crippen molar-refractivity contribution in [3.8, 4) is 11.5 Å². The zero-order chi connectivity index (χ0) is 21.0. The van der Waals surface area contributed by atoms with E-state index >= 15 is 0 Å². The summed E-state index contributed by atoms with van der Waals surface area (Å²) in [6.07, 6.45) is 5.54. The molecule has 0 spiro atoms. The van der Waals surface area contributed by atoms with Crippen LogP contribution in [0.25, 0.3) is 0 Å². The molecule has 3 aromatic carbocycles. The van der Waals surface area contributed by atoms with Gasteiger partial charge in [0.25, 0.3) is 0 Å². The molecule has 0 saturated heterocycles. The number of aryl methyl sites for hydroxylation is 2. The average Bonchev–Trinajstić information content (AvgIpc) is 2.76. The third-order valence-corrected chi connectivity index (χ3v) is 4.92. The Bertz CT molecular complexity index is 907. The molecule has 0 aliphatic carbocycles. The summed E-state index contributed by atoms with van der Waals surface area (Å²) in [7, 11) is 0. The van der Waals surface area contributed by atoms with Gasteiger partial charge in [-0.05, 0) is 67.5 Å². The Hall–Kier alpha value is -3.27. The molecule has 0 saturated carbocycles. The first-order chi connectivity index (χ1) is 14.7.